The Morgan fingerprint density at radius 3 is 3.00 bits per heavy atom. The standard InChI is InChI=1S/C11H18N4O/c1-3-13-11(16)10-6-9(4-5-14-10)15-7-8(2)12/h4-6,8H,3,7,12H2,1-2H3,(H,13,16)(H,14,15). The zero-order valence-electron chi connectivity index (χ0n) is 9.66. The zero-order valence-corrected chi connectivity index (χ0v) is 9.66. The summed E-state index contributed by atoms with van der Waals surface area (Å²) >= 11 is 0. The van der Waals surface area contributed by atoms with Crippen LogP contribution in [0.1, 0.15) is 24.3 Å². The Morgan fingerprint density at radius 2 is 2.38 bits per heavy atom. The molecule has 4 N–H and O–H groups in total. The molecule has 5 heteroatoms. The van der Waals surface area contributed by atoms with E-state index in [-0.39, 0.29) is 11.9 Å². The molecule has 0 aliphatic carbocycles. The average molecular weight is 222 g/mol. The van der Waals surface area contributed by atoms with Crippen LogP contribution in [-0.2, 0) is 0 Å². The van der Waals surface area contributed by atoms with Crippen LogP contribution in [0, 0.1) is 0 Å². The molecule has 0 saturated heterocycles. The highest BCUT2D eigenvalue weighted by Crippen LogP contribution is 2.07. The molecule has 0 aromatic carbocycles. The Kier molecular flexibility index (Phi) is 4.72. The third-order valence-electron chi connectivity index (χ3n) is 1.96. The van der Waals surface area contributed by atoms with Crippen molar-refractivity contribution in [2.45, 2.75) is 19.9 Å². The highest BCUT2D eigenvalue weighted by Gasteiger charge is 2.06. The Bertz CT molecular complexity index is 352. The van der Waals surface area contributed by atoms with Gasteiger partial charge in [-0.2, -0.15) is 0 Å². The van der Waals surface area contributed by atoms with Gasteiger partial charge in [0, 0.05) is 31.0 Å². The van der Waals surface area contributed by atoms with Gasteiger partial charge in [-0.15, -0.1) is 0 Å². The van der Waals surface area contributed by atoms with E-state index >= 15 is 0 Å². The minimum atomic E-state index is -0.160. The summed E-state index contributed by atoms with van der Waals surface area (Å²) in [6.45, 7) is 5.05. The predicted molar refractivity (Wildman–Crippen MR) is 64.4 cm³/mol. The van der Waals surface area contributed by atoms with E-state index in [9.17, 15) is 4.79 Å². The minimum Gasteiger partial charge on any atom is -0.383 e. The van der Waals surface area contributed by atoms with Gasteiger partial charge in [-0.05, 0) is 26.0 Å². The number of hydrogen-bond donors (Lipinski definition) is 3. The van der Waals surface area contributed by atoms with Crippen LogP contribution in [0.25, 0.3) is 0 Å². The summed E-state index contributed by atoms with van der Waals surface area (Å²) in [6, 6.07) is 3.60. The smallest absolute Gasteiger partial charge is 0.269 e. The van der Waals surface area contributed by atoms with Gasteiger partial charge in [-0.25, -0.2) is 0 Å². The Hall–Kier alpha value is -1.62. The zero-order chi connectivity index (χ0) is 12.0. The van der Waals surface area contributed by atoms with Crippen LogP contribution in [0.4, 0.5) is 5.69 Å². The molecule has 1 amide bonds. The normalized spacial score (nSPS) is 11.9. The number of carbonyl (C=O) groups excluding carboxylic acids is 1. The number of rotatable bonds is 5. The number of carbonyl (C=O) groups is 1. The molecule has 1 aromatic heterocycles. The van der Waals surface area contributed by atoms with E-state index in [1.807, 2.05) is 19.9 Å². The number of amides is 1. The number of nitrogens with one attached hydrogen (secondary N) is 2. The number of aromatic nitrogens is 1. The SMILES string of the molecule is CCNC(=O)c1cc(NCC(C)N)ccn1. The summed E-state index contributed by atoms with van der Waals surface area (Å²) in [5.74, 6) is -0.160. The van der Waals surface area contributed by atoms with Crippen molar-refractivity contribution in [3.8, 4) is 0 Å². The number of nitrogens with two attached hydrogens (primary N) is 1. The number of anilines is 1. The second-order valence-electron chi connectivity index (χ2n) is 3.65. The molecule has 5 nitrogen and oxygen atoms in total. The number of pyridine rings is 1. The first-order chi connectivity index (χ1) is 7.63. The van der Waals surface area contributed by atoms with E-state index in [0.717, 1.165) is 5.69 Å². The fraction of sp³-hybridized carbons (Fsp3) is 0.455. The van der Waals surface area contributed by atoms with E-state index in [1.165, 1.54) is 0 Å². The first kappa shape index (κ1) is 12.4. The van der Waals surface area contributed by atoms with Gasteiger partial charge in [0.05, 0.1) is 0 Å². The molecule has 0 aliphatic heterocycles. The first-order valence-corrected chi connectivity index (χ1v) is 5.37. The molecule has 1 atom stereocenters. The second-order valence-corrected chi connectivity index (χ2v) is 3.65. The van der Waals surface area contributed by atoms with E-state index in [0.29, 0.717) is 18.8 Å². The molecule has 0 aliphatic rings. The summed E-state index contributed by atoms with van der Waals surface area (Å²) < 4.78 is 0. The van der Waals surface area contributed by atoms with Gasteiger partial charge < -0.3 is 16.4 Å². The molecule has 16 heavy (non-hydrogen) atoms. The highest BCUT2D eigenvalue weighted by molar-refractivity contribution is 5.93. The summed E-state index contributed by atoms with van der Waals surface area (Å²) in [5.41, 5.74) is 6.90. The molecule has 0 saturated carbocycles. The molecular weight excluding hydrogens is 204 g/mol. The summed E-state index contributed by atoms with van der Waals surface area (Å²) in [7, 11) is 0. The molecule has 0 spiro atoms. The molecule has 1 unspecified atom stereocenters. The molecule has 1 rings (SSSR count). The topological polar surface area (TPSA) is 80.0 Å². The van der Waals surface area contributed by atoms with Crippen LogP contribution in [0.3, 0.4) is 0 Å². The maximum Gasteiger partial charge on any atom is 0.269 e. The van der Waals surface area contributed by atoms with E-state index in [4.69, 9.17) is 5.73 Å². The van der Waals surface area contributed by atoms with Crippen LogP contribution < -0.4 is 16.4 Å². The molecule has 88 valence electrons. The monoisotopic (exact) mass is 222 g/mol. The molecule has 0 bridgehead atoms. The summed E-state index contributed by atoms with van der Waals surface area (Å²) in [6.07, 6.45) is 1.61. The van der Waals surface area contributed by atoms with Crippen molar-refractivity contribution < 1.29 is 4.79 Å². The lowest BCUT2D eigenvalue weighted by Gasteiger charge is -2.09. The number of hydrogen-bond acceptors (Lipinski definition) is 4. The fourth-order valence-corrected chi connectivity index (χ4v) is 1.19. The van der Waals surface area contributed by atoms with Gasteiger partial charge in [0.1, 0.15) is 5.69 Å². The predicted octanol–water partition coefficient (Wildman–Crippen LogP) is 0.590. The fourth-order valence-electron chi connectivity index (χ4n) is 1.19. The van der Waals surface area contributed by atoms with Crippen LogP contribution >= 0.6 is 0 Å². The molecule has 1 heterocycles. The van der Waals surface area contributed by atoms with Crippen LogP contribution in [0.15, 0.2) is 18.3 Å². The van der Waals surface area contributed by atoms with Crippen molar-refractivity contribution in [2.75, 3.05) is 18.4 Å². The van der Waals surface area contributed by atoms with Crippen LogP contribution in [-0.4, -0.2) is 30.0 Å². The second kappa shape index (κ2) is 6.07. The van der Waals surface area contributed by atoms with Crippen molar-refractivity contribution in [1.29, 1.82) is 0 Å². The number of nitrogens with zero attached hydrogens (tertiary/aromatic N) is 1. The first-order valence-electron chi connectivity index (χ1n) is 5.37. The van der Waals surface area contributed by atoms with Gasteiger partial charge in [0.15, 0.2) is 0 Å². The minimum absolute atomic E-state index is 0.0704. The van der Waals surface area contributed by atoms with E-state index in [2.05, 4.69) is 15.6 Å². The molecule has 0 radical (unpaired) electrons. The van der Waals surface area contributed by atoms with Crippen LogP contribution in [0.5, 0.6) is 0 Å². The Labute approximate surface area is 95.4 Å². The Morgan fingerprint density at radius 1 is 1.62 bits per heavy atom. The van der Waals surface area contributed by atoms with Gasteiger partial charge in [0.2, 0.25) is 0 Å². The maximum atomic E-state index is 11.5. The lowest BCUT2D eigenvalue weighted by Crippen LogP contribution is -2.26. The maximum absolute atomic E-state index is 11.5. The van der Waals surface area contributed by atoms with Gasteiger partial charge in [-0.3, -0.25) is 9.78 Å². The van der Waals surface area contributed by atoms with Crippen molar-refractivity contribution in [3.05, 3.63) is 24.0 Å². The van der Waals surface area contributed by atoms with Gasteiger partial charge >= 0.3 is 0 Å². The van der Waals surface area contributed by atoms with Crippen molar-refractivity contribution in [3.63, 3.8) is 0 Å². The third-order valence-corrected chi connectivity index (χ3v) is 1.96. The Balaban J connectivity index is 2.67. The van der Waals surface area contributed by atoms with Crippen molar-refractivity contribution in [2.24, 2.45) is 5.73 Å². The molecular formula is C11H18N4O. The quantitative estimate of drug-likeness (QED) is 0.681. The molecule has 1 aromatic rings. The van der Waals surface area contributed by atoms with E-state index < -0.39 is 0 Å². The summed E-state index contributed by atoms with van der Waals surface area (Å²) in [5, 5.41) is 5.84. The lowest BCUT2D eigenvalue weighted by molar-refractivity contribution is 0.0951. The highest BCUT2D eigenvalue weighted by atomic mass is 16.1. The molecule has 0 fully saturated rings. The lowest BCUT2D eigenvalue weighted by atomic mass is 10.3. The van der Waals surface area contributed by atoms with Crippen molar-refractivity contribution >= 4 is 11.6 Å². The van der Waals surface area contributed by atoms with Gasteiger partial charge in [0.25, 0.3) is 5.91 Å². The van der Waals surface area contributed by atoms with E-state index in [1.54, 1.807) is 12.3 Å². The van der Waals surface area contributed by atoms with Crippen LogP contribution in [0.2, 0.25) is 0 Å². The largest absolute Gasteiger partial charge is 0.383 e. The summed E-state index contributed by atoms with van der Waals surface area (Å²) in [4.78, 5) is 15.5. The average Bonchev–Trinajstić information content (AvgIpc) is 2.27. The third kappa shape index (κ3) is 3.86. The van der Waals surface area contributed by atoms with Crippen molar-refractivity contribution in [1.82, 2.24) is 10.3 Å². The van der Waals surface area contributed by atoms with Gasteiger partial charge in [-0.1, -0.05) is 0 Å².